The van der Waals surface area contributed by atoms with Gasteiger partial charge in [-0.2, -0.15) is 0 Å². The summed E-state index contributed by atoms with van der Waals surface area (Å²) in [5.41, 5.74) is 0. The fourth-order valence-electron chi connectivity index (χ4n) is 2.74. The van der Waals surface area contributed by atoms with Gasteiger partial charge in [0.05, 0.1) is 0 Å². The van der Waals surface area contributed by atoms with Crippen molar-refractivity contribution in [3.05, 3.63) is 0 Å². The van der Waals surface area contributed by atoms with Gasteiger partial charge >= 0.3 is 11.8 Å². The Morgan fingerprint density at radius 3 is 2.12 bits per heavy atom. The zero-order chi connectivity index (χ0) is 12.3. The molecule has 96 valence electrons. The molecule has 4 nitrogen and oxygen atoms in total. The Morgan fingerprint density at radius 2 is 1.47 bits per heavy atom. The number of carbonyl (C=O) groups is 2. The molecule has 2 saturated heterocycles. The van der Waals surface area contributed by atoms with Gasteiger partial charge in [0.25, 0.3) is 0 Å². The number of likely N-dealkylation sites (tertiary alicyclic amines) is 2. The number of hydrogen-bond acceptors (Lipinski definition) is 2. The van der Waals surface area contributed by atoms with E-state index in [4.69, 9.17) is 0 Å². The van der Waals surface area contributed by atoms with Crippen LogP contribution in [0.3, 0.4) is 0 Å². The minimum atomic E-state index is -0.279. The van der Waals surface area contributed by atoms with Crippen LogP contribution in [0.25, 0.3) is 0 Å². The van der Waals surface area contributed by atoms with Gasteiger partial charge in [-0.25, -0.2) is 0 Å². The monoisotopic (exact) mass is 238 g/mol. The first-order chi connectivity index (χ1) is 8.18. The van der Waals surface area contributed by atoms with Crippen molar-refractivity contribution < 1.29 is 9.59 Å². The van der Waals surface area contributed by atoms with Gasteiger partial charge in [0.2, 0.25) is 0 Å². The summed E-state index contributed by atoms with van der Waals surface area (Å²) in [4.78, 5) is 27.6. The minimum absolute atomic E-state index is 0.279. The topological polar surface area (TPSA) is 40.6 Å². The van der Waals surface area contributed by atoms with E-state index in [1.807, 2.05) is 0 Å². The predicted octanol–water partition coefficient (Wildman–Crippen LogP) is 1.26. The molecule has 0 saturated carbocycles. The molecule has 0 aromatic rings. The van der Waals surface area contributed by atoms with Crippen molar-refractivity contribution in [1.82, 2.24) is 9.80 Å². The van der Waals surface area contributed by atoms with E-state index in [1.165, 1.54) is 12.8 Å². The van der Waals surface area contributed by atoms with Crippen molar-refractivity contribution in [3.63, 3.8) is 0 Å². The van der Waals surface area contributed by atoms with Gasteiger partial charge in [-0.1, -0.05) is 6.92 Å². The molecule has 2 aliphatic rings. The average molecular weight is 238 g/mol. The van der Waals surface area contributed by atoms with E-state index in [-0.39, 0.29) is 11.8 Å². The third kappa shape index (κ3) is 2.99. The molecule has 2 aliphatic heterocycles. The smallest absolute Gasteiger partial charge is 0.312 e. The van der Waals surface area contributed by atoms with E-state index >= 15 is 0 Å². The number of nitrogens with zero attached hydrogens (tertiary/aromatic N) is 2. The molecule has 17 heavy (non-hydrogen) atoms. The second-order valence-electron chi connectivity index (χ2n) is 5.35. The lowest BCUT2D eigenvalue weighted by atomic mass is 10.0. The number of amides is 2. The van der Waals surface area contributed by atoms with Crippen LogP contribution in [0, 0.1) is 5.92 Å². The average Bonchev–Trinajstić information content (AvgIpc) is 2.38. The molecule has 2 fully saturated rings. The van der Waals surface area contributed by atoms with E-state index < -0.39 is 0 Å². The maximum Gasteiger partial charge on any atom is 0.312 e. The SMILES string of the molecule is CC1CCCN(C(=O)C(=O)N2CCCCC2)C1. The van der Waals surface area contributed by atoms with Gasteiger partial charge in [-0.15, -0.1) is 0 Å². The van der Waals surface area contributed by atoms with Gasteiger partial charge < -0.3 is 9.80 Å². The molecule has 0 aromatic carbocycles. The molecule has 0 aliphatic carbocycles. The quantitative estimate of drug-likeness (QED) is 0.596. The van der Waals surface area contributed by atoms with E-state index in [0.717, 1.165) is 45.4 Å². The Hall–Kier alpha value is -1.06. The zero-order valence-corrected chi connectivity index (χ0v) is 10.7. The fraction of sp³-hybridized carbons (Fsp3) is 0.846. The minimum Gasteiger partial charge on any atom is -0.334 e. The standard InChI is InChI=1S/C13H22N2O2/c1-11-6-5-9-15(10-11)13(17)12(16)14-7-3-2-4-8-14/h11H,2-10H2,1H3. The summed E-state index contributed by atoms with van der Waals surface area (Å²) in [5.74, 6) is -0.0286. The molecule has 4 heteroatoms. The van der Waals surface area contributed by atoms with Crippen molar-refractivity contribution in [2.24, 2.45) is 5.92 Å². The Labute approximate surface area is 103 Å². The predicted molar refractivity (Wildman–Crippen MR) is 65.4 cm³/mol. The van der Waals surface area contributed by atoms with E-state index in [2.05, 4.69) is 6.92 Å². The molecule has 2 amide bonds. The van der Waals surface area contributed by atoms with Gasteiger partial charge in [0.15, 0.2) is 0 Å². The third-order valence-electron chi connectivity index (χ3n) is 3.77. The van der Waals surface area contributed by atoms with Gasteiger partial charge in [-0.3, -0.25) is 9.59 Å². The van der Waals surface area contributed by atoms with E-state index in [1.54, 1.807) is 9.80 Å². The summed E-state index contributed by atoms with van der Waals surface area (Å²) >= 11 is 0. The van der Waals surface area contributed by atoms with Crippen LogP contribution < -0.4 is 0 Å². The first kappa shape index (κ1) is 12.4. The van der Waals surface area contributed by atoms with Crippen LogP contribution in [0.5, 0.6) is 0 Å². The molecule has 0 aromatic heterocycles. The van der Waals surface area contributed by atoms with Crippen LogP contribution in [0.2, 0.25) is 0 Å². The zero-order valence-electron chi connectivity index (χ0n) is 10.7. The summed E-state index contributed by atoms with van der Waals surface area (Å²) in [6, 6.07) is 0. The Balaban J connectivity index is 1.91. The van der Waals surface area contributed by atoms with Crippen LogP contribution in [0.1, 0.15) is 39.0 Å². The van der Waals surface area contributed by atoms with Gasteiger partial charge in [-0.05, 0) is 38.0 Å². The van der Waals surface area contributed by atoms with Crippen molar-refractivity contribution in [2.45, 2.75) is 39.0 Å². The summed E-state index contributed by atoms with van der Waals surface area (Å²) in [7, 11) is 0. The lowest BCUT2D eigenvalue weighted by molar-refractivity contribution is -0.153. The fourth-order valence-corrected chi connectivity index (χ4v) is 2.74. The van der Waals surface area contributed by atoms with Crippen LogP contribution in [-0.4, -0.2) is 47.8 Å². The highest BCUT2D eigenvalue weighted by atomic mass is 16.2. The highest BCUT2D eigenvalue weighted by Gasteiger charge is 2.30. The number of rotatable bonds is 0. The van der Waals surface area contributed by atoms with Crippen LogP contribution in [-0.2, 0) is 9.59 Å². The largest absolute Gasteiger partial charge is 0.334 e. The third-order valence-corrected chi connectivity index (χ3v) is 3.77. The Kier molecular flexibility index (Phi) is 4.02. The lowest BCUT2D eigenvalue weighted by Crippen LogP contribution is -2.49. The molecular weight excluding hydrogens is 216 g/mol. The van der Waals surface area contributed by atoms with Crippen molar-refractivity contribution in [3.8, 4) is 0 Å². The molecule has 2 heterocycles. The van der Waals surface area contributed by atoms with Crippen molar-refractivity contribution >= 4 is 11.8 Å². The van der Waals surface area contributed by atoms with Crippen molar-refractivity contribution in [1.29, 1.82) is 0 Å². The van der Waals surface area contributed by atoms with E-state index in [0.29, 0.717) is 5.92 Å². The normalized spacial score (nSPS) is 25.8. The van der Waals surface area contributed by atoms with Crippen molar-refractivity contribution in [2.75, 3.05) is 26.2 Å². The van der Waals surface area contributed by atoms with Crippen LogP contribution in [0.15, 0.2) is 0 Å². The number of carbonyl (C=O) groups excluding carboxylic acids is 2. The number of hydrogen-bond donors (Lipinski definition) is 0. The summed E-state index contributed by atoms with van der Waals surface area (Å²) < 4.78 is 0. The van der Waals surface area contributed by atoms with E-state index in [9.17, 15) is 9.59 Å². The number of piperidine rings is 2. The molecule has 1 unspecified atom stereocenters. The maximum absolute atomic E-state index is 12.1. The molecule has 0 radical (unpaired) electrons. The van der Waals surface area contributed by atoms with Crippen LogP contribution in [0.4, 0.5) is 0 Å². The summed E-state index contributed by atoms with van der Waals surface area (Å²) in [6.07, 6.45) is 5.45. The highest BCUT2D eigenvalue weighted by Crippen LogP contribution is 2.17. The second-order valence-corrected chi connectivity index (χ2v) is 5.35. The first-order valence-electron chi connectivity index (χ1n) is 6.76. The summed E-state index contributed by atoms with van der Waals surface area (Å²) in [5, 5.41) is 0. The first-order valence-corrected chi connectivity index (χ1v) is 6.76. The Bertz CT molecular complexity index is 298. The lowest BCUT2D eigenvalue weighted by Gasteiger charge is -2.33. The Morgan fingerprint density at radius 1 is 0.882 bits per heavy atom. The molecular formula is C13H22N2O2. The van der Waals surface area contributed by atoms with Gasteiger partial charge in [0, 0.05) is 26.2 Å². The highest BCUT2D eigenvalue weighted by molar-refractivity contribution is 6.34. The molecule has 0 bridgehead atoms. The van der Waals surface area contributed by atoms with Crippen LogP contribution >= 0.6 is 0 Å². The van der Waals surface area contributed by atoms with Gasteiger partial charge in [0.1, 0.15) is 0 Å². The molecule has 1 atom stereocenters. The molecule has 0 spiro atoms. The second kappa shape index (κ2) is 5.52. The molecule has 0 N–H and O–H groups in total. The maximum atomic E-state index is 12.1. The molecule has 2 rings (SSSR count). The summed E-state index contributed by atoms with van der Waals surface area (Å²) in [6.45, 7) is 5.16.